The van der Waals surface area contributed by atoms with E-state index in [4.69, 9.17) is 9.72 Å². The van der Waals surface area contributed by atoms with Crippen molar-refractivity contribution in [2.75, 3.05) is 6.61 Å². The Morgan fingerprint density at radius 1 is 1.32 bits per heavy atom. The van der Waals surface area contributed by atoms with E-state index in [1.165, 1.54) is 11.3 Å². The van der Waals surface area contributed by atoms with Crippen molar-refractivity contribution in [3.8, 4) is 21.8 Å². The lowest BCUT2D eigenvalue weighted by Gasteiger charge is -2.00. The van der Waals surface area contributed by atoms with Crippen LogP contribution in [0.4, 0.5) is 0 Å². The van der Waals surface area contributed by atoms with Crippen molar-refractivity contribution in [3.63, 3.8) is 0 Å². The minimum Gasteiger partial charge on any atom is -0.462 e. The summed E-state index contributed by atoms with van der Waals surface area (Å²) in [5, 5.41) is 9.29. The van der Waals surface area contributed by atoms with Gasteiger partial charge in [-0.3, -0.25) is 0 Å². The van der Waals surface area contributed by atoms with Crippen molar-refractivity contribution in [3.05, 3.63) is 51.8 Å². The van der Waals surface area contributed by atoms with E-state index in [1.807, 2.05) is 52.7 Å². The zero-order valence-electron chi connectivity index (χ0n) is 13.7. The van der Waals surface area contributed by atoms with Crippen LogP contribution >= 0.6 is 22.7 Å². The molecule has 0 aliphatic heterocycles. The predicted octanol–water partition coefficient (Wildman–Crippen LogP) is 4.67. The summed E-state index contributed by atoms with van der Waals surface area (Å²) in [6.45, 7) is 4.10. The van der Waals surface area contributed by atoms with Crippen molar-refractivity contribution in [2.24, 2.45) is 0 Å². The average molecular weight is 369 g/mol. The smallest absolute Gasteiger partial charge is 0.350 e. The molecule has 0 saturated carbocycles. The lowest BCUT2D eigenvalue weighted by atomic mass is 10.2. The van der Waals surface area contributed by atoms with Crippen molar-refractivity contribution in [2.45, 2.75) is 13.8 Å². The first-order valence-corrected chi connectivity index (χ1v) is 9.59. The number of thiazole rings is 1. The number of carbonyl (C=O) groups is 1. The van der Waals surface area contributed by atoms with E-state index < -0.39 is 0 Å². The minimum atomic E-state index is -0.332. The Hall–Kier alpha value is -2.51. The van der Waals surface area contributed by atoms with E-state index in [0.717, 1.165) is 27.3 Å². The molecule has 0 spiro atoms. The van der Waals surface area contributed by atoms with Crippen LogP contribution in [0.1, 0.15) is 22.3 Å². The highest BCUT2D eigenvalue weighted by Gasteiger charge is 2.24. The van der Waals surface area contributed by atoms with Crippen molar-refractivity contribution in [1.29, 1.82) is 0 Å². The van der Waals surface area contributed by atoms with Gasteiger partial charge >= 0.3 is 5.97 Å². The van der Waals surface area contributed by atoms with Gasteiger partial charge in [0.15, 0.2) is 0 Å². The van der Waals surface area contributed by atoms with Crippen LogP contribution in [0.15, 0.2) is 41.2 Å². The van der Waals surface area contributed by atoms with Crippen LogP contribution in [0.2, 0.25) is 0 Å². The summed E-state index contributed by atoms with van der Waals surface area (Å²) < 4.78 is 7.06. The molecule has 0 aliphatic rings. The topological polar surface area (TPSA) is 56.5 Å². The fraction of sp³-hybridized carbons (Fsp3) is 0.167. The Balaban J connectivity index is 1.92. The number of hydrogen-bond acceptors (Lipinski definition) is 6. The third-order valence-electron chi connectivity index (χ3n) is 3.81. The van der Waals surface area contributed by atoms with E-state index in [2.05, 4.69) is 5.10 Å². The zero-order chi connectivity index (χ0) is 17.4. The molecule has 0 N–H and O–H groups in total. The van der Waals surface area contributed by atoms with Crippen LogP contribution in [-0.2, 0) is 4.74 Å². The second kappa shape index (κ2) is 6.42. The Labute approximate surface area is 152 Å². The Kier molecular flexibility index (Phi) is 4.10. The van der Waals surface area contributed by atoms with Gasteiger partial charge in [0.1, 0.15) is 9.88 Å². The summed E-state index contributed by atoms with van der Waals surface area (Å²) in [4.78, 5) is 17.7. The van der Waals surface area contributed by atoms with Gasteiger partial charge in [-0.05, 0) is 37.4 Å². The van der Waals surface area contributed by atoms with Gasteiger partial charge < -0.3 is 4.74 Å². The molecule has 5 nitrogen and oxygen atoms in total. The monoisotopic (exact) mass is 369 g/mol. The maximum absolute atomic E-state index is 12.4. The number of fused-ring (bicyclic) bond motifs is 1. The SMILES string of the molecule is CCOC(=O)c1sc(-c2c(C)nn3ccccc23)nc1-c1ccsc1. The molecule has 0 amide bonds. The van der Waals surface area contributed by atoms with Gasteiger partial charge in [-0.2, -0.15) is 16.4 Å². The van der Waals surface area contributed by atoms with Gasteiger partial charge in [0.2, 0.25) is 0 Å². The number of aryl methyl sites for hydroxylation is 1. The Bertz CT molecular complexity index is 1050. The van der Waals surface area contributed by atoms with Gasteiger partial charge in [0, 0.05) is 17.1 Å². The fourth-order valence-electron chi connectivity index (χ4n) is 2.74. The van der Waals surface area contributed by atoms with Gasteiger partial charge in [0.25, 0.3) is 0 Å². The molecule has 0 saturated heterocycles. The van der Waals surface area contributed by atoms with E-state index in [-0.39, 0.29) is 5.97 Å². The molecule has 0 radical (unpaired) electrons. The molecule has 0 aromatic carbocycles. The first kappa shape index (κ1) is 16.0. The third kappa shape index (κ3) is 2.75. The van der Waals surface area contributed by atoms with E-state index in [9.17, 15) is 4.79 Å². The van der Waals surface area contributed by atoms with E-state index in [0.29, 0.717) is 17.2 Å². The standard InChI is InChI=1S/C18H15N3O2S2/c1-3-23-18(22)16-15(12-7-9-24-10-12)19-17(25-16)14-11(2)20-21-8-5-4-6-13(14)21/h4-10H,3H2,1-2H3. The van der Waals surface area contributed by atoms with Gasteiger partial charge in [-0.1, -0.05) is 6.07 Å². The summed E-state index contributed by atoms with van der Waals surface area (Å²) in [7, 11) is 0. The maximum atomic E-state index is 12.4. The molecule has 4 rings (SSSR count). The van der Waals surface area contributed by atoms with Crippen molar-refractivity contribution >= 4 is 34.2 Å². The highest BCUT2D eigenvalue weighted by molar-refractivity contribution is 7.17. The molecule has 0 unspecified atom stereocenters. The van der Waals surface area contributed by atoms with Crippen LogP contribution in [0.25, 0.3) is 27.3 Å². The molecular weight excluding hydrogens is 354 g/mol. The van der Waals surface area contributed by atoms with Gasteiger partial charge in [-0.15, -0.1) is 11.3 Å². The Morgan fingerprint density at radius 2 is 2.20 bits per heavy atom. The van der Waals surface area contributed by atoms with Crippen LogP contribution < -0.4 is 0 Å². The molecule has 4 heterocycles. The lowest BCUT2D eigenvalue weighted by Crippen LogP contribution is -2.03. The largest absolute Gasteiger partial charge is 0.462 e. The summed E-state index contributed by atoms with van der Waals surface area (Å²) >= 11 is 2.93. The summed E-state index contributed by atoms with van der Waals surface area (Å²) in [5.74, 6) is -0.332. The minimum absolute atomic E-state index is 0.332. The van der Waals surface area contributed by atoms with Crippen LogP contribution in [0.5, 0.6) is 0 Å². The van der Waals surface area contributed by atoms with E-state index >= 15 is 0 Å². The second-order valence-electron chi connectivity index (χ2n) is 5.42. The summed E-state index contributed by atoms with van der Waals surface area (Å²) in [6, 6.07) is 7.88. The number of rotatable bonds is 4. The summed E-state index contributed by atoms with van der Waals surface area (Å²) in [6.07, 6.45) is 1.91. The number of pyridine rings is 1. The van der Waals surface area contributed by atoms with Crippen LogP contribution in [-0.4, -0.2) is 27.2 Å². The molecule has 25 heavy (non-hydrogen) atoms. The molecule has 0 bridgehead atoms. The van der Waals surface area contributed by atoms with E-state index in [1.54, 1.807) is 18.3 Å². The molecule has 4 aromatic rings. The molecule has 4 aromatic heterocycles. The number of carbonyl (C=O) groups excluding carboxylic acids is 1. The molecule has 0 aliphatic carbocycles. The molecule has 0 atom stereocenters. The normalized spacial score (nSPS) is 11.1. The second-order valence-corrected chi connectivity index (χ2v) is 7.20. The first-order chi connectivity index (χ1) is 12.2. The lowest BCUT2D eigenvalue weighted by molar-refractivity contribution is 0.0532. The Morgan fingerprint density at radius 3 is 2.96 bits per heavy atom. The zero-order valence-corrected chi connectivity index (χ0v) is 15.4. The number of aromatic nitrogens is 3. The fourth-order valence-corrected chi connectivity index (χ4v) is 4.47. The molecule has 7 heteroatoms. The van der Waals surface area contributed by atoms with Crippen LogP contribution in [0, 0.1) is 6.92 Å². The highest BCUT2D eigenvalue weighted by atomic mass is 32.1. The number of thiophene rings is 1. The number of ether oxygens (including phenoxy) is 1. The number of nitrogens with zero attached hydrogens (tertiary/aromatic N) is 3. The molecular formula is C18H15N3O2S2. The third-order valence-corrected chi connectivity index (χ3v) is 5.55. The quantitative estimate of drug-likeness (QED) is 0.491. The molecule has 126 valence electrons. The number of hydrogen-bond donors (Lipinski definition) is 0. The molecule has 0 fully saturated rings. The van der Waals surface area contributed by atoms with Crippen molar-refractivity contribution < 1.29 is 9.53 Å². The summed E-state index contributed by atoms with van der Waals surface area (Å²) in [5.41, 5.74) is 4.42. The predicted molar refractivity (Wildman–Crippen MR) is 100 cm³/mol. The number of esters is 1. The average Bonchev–Trinajstić information content (AvgIpc) is 3.31. The maximum Gasteiger partial charge on any atom is 0.350 e. The first-order valence-electron chi connectivity index (χ1n) is 7.84. The highest BCUT2D eigenvalue weighted by Crippen LogP contribution is 2.38. The van der Waals surface area contributed by atoms with Gasteiger partial charge in [-0.25, -0.2) is 14.3 Å². The van der Waals surface area contributed by atoms with Crippen molar-refractivity contribution in [1.82, 2.24) is 14.6 Å². The van der Waals surface area contributed by atoms with Crippen LogP contribution in [0.3, 0.4) is 0 Å². The van der Waals surface area contributed by atoms with Gasteiger partial charge in [0.05, 0.1) is 29.1 Å².